The molecule has 2 aromatic carbocycles. The molecule has 0 amide bonds. The van der Waals surface area contributed by atoms with Crippen LogP contribution in [0.4, 0.5) is 0 Å². The van der Waals surface area contributed by atoms with E-state index in [1.807, 2.05) is 30.3 Å². The number of pyridine rings is 1. The molecule has 7 heteroatoms. The maximum Gasteiger partial charge on any atom is 0.337 e. The molecular formula is C21H14ClN3O3. The summed E-state index contributed by atoms with van der Waals surface area (Å²) in [6.07, 6.45) is 1.49. The molecule has 0 saturated heterocycles. The number of nitrogens with zero attached hydrogens (tertiary/aromatic N) is 2. The van der Waals surface area contributed by atoms with Crippen LogP contribution in [-0.4, -0.2) is 31.1 Å². The minimum atomic E-state index is -1.12. The highest BCUT2D eigenvalue weighted by Crippen LogP contribution is 2.35. The van der Waals surface area contributed by atoms with Crippen LogP contribution in [0.1, 0.15) is 10.4 Å². The second kappa shape index (κ2) is 7.17. The number of aromatic carboxylic acids is 1. The molecule has 0 bridgehead atoms. The molecule has 2 aromatic heterocycles. The Morgan fingerprint density at radius 1 is 0.964 bits per heavy atom. The van der Waals surface area contributed by atoms with Gasteiger partial charge in [-0.25, -0.2) is 14.8 Å². The first-order valence-corrected chi connectivity index (χ1v) is 8.75. The van der Waals surface area contributed by atoms with Crippen LogP contribution in [0.25, 0.3) is 33.9 Å². The van der Waals surface area contributed by atoms with Gasteiger partial charge in [0.1, 0.15) is 5.82 Å². The lowest BCUT2D eigenvalue weighted by Crippen LogP contribution is -1.98. The lowest BCUT2D eigenvalue weighted by atomic mass is 10.0. The smallest absolute Gasteiger partial charge is 0.337 e. The lowest BCUT2D eigenvalue weighted by molar-refractivity contribution is 0.0697. The zero-order valence-electron chi connectivity index (χ0n) is 14.4. The first kappa shape index (κ1) is 17.8. The third-order valence-corrected chi connectivity index (χ3v) is 4.59. The third kappa shape index (κ3) is 3.33. The van der Waals surface area contributed by atoms with Gasteiger partial charge in [0.2, 0.25) is 5.88 Å². The van der Waals surface area contributed by atoms with Gasteiger partial charge >= 0.3 is 5.97 Å². The molecule has 2 heterocycles. The van der Waals surface area contributed by atoms with Crippen LogP contribution < -0.4 is 0 Å². The van der Waals surface area contributed by atoms with Crippen molar-refractivity contribution in [3.8, 4) is 39.8 Å². The summed E-state index contributed by atoms with van der Waals surface area (Å²) in [7, 11) is 0. The molecule has 28 heavy (non-hydrogen) atoms. The highest BCUT2D eigenvalue weighted by atomic mass is 35.5. The Labute approximate surface area is 165 Å². The number of halogens is 1. The molecule has 0 atom stereocenters. The fourth-order valence-corrected chi connectivity index (χ4v) is 3.13. The van der Waals surface area contributed by atoms with E-state index in [0.717, 1.165) is 5.56 Å². The van der Waals surface area contributed by atoms with E-state index in [9.17, 15) is 15.0 Å². The van der Waals surface area contributed by atoms with Gasteiger partial charge in [-0.3, -0.25) is 0 Å². The van der Waals surface area contributed by atoms with Crippen LogP contribution in [0.5, 0.6) is 5.88 Å². The van der Waals surface area contributed by atoms with Crippen LogP contribution >= 0.6 is 11.6 Å². The first-order chi connectivity index (χ1) is 13.5. The molecule has 4 aromatic rings. The molecule has 6 nitrogen and oxygen atoms in total. The number of hydrogen-bond acceptors (Lipinski definition) is 4. The molecule has 138 valence electrons. The summed E-state index contributed by atoms with van der Waals surface area (Å²) in [6.45, 7) is 0. The average molecular weight is 392 g/mol. The van der Waals surface area contributed by atoms with Crippen molar-refractivity contribution < 1.29 is 15.0 Å². The normalized spacial score (nSPS) is 10.8. The molecule has 0 radical (unpaired) electrons. The standard InChI is InChI=1S/C21H14ClN3O3/c22-16-7-6-13(10-15(16)21(27)28)18-19(14-8-9-23-17(26)11-14)25-20(24-18)12-4-2-1-3-5-12/h1-11H,(H,23,26)(H,24,25)(H,27,28). The van der Waals surface area contributed by atoms with Gasteiger partial charge in [-0.05, 0) is 18.2 Å². The molecule has 0 spiro atoms. The molecule has 0 aliphatic heterocycles. The predicted molar refractivity (Wildman–Crippen MR) is 106 cm³/mol. The summed E-state index contributed by atoms with van der Waals surface area (Å²) in [4.78, 5) is 23.3. The number of imidazole rings is 1. The quantitative estimate of drug-likeness (QED) is 0.461. The second-order valence-electron chi connectivity index (χ2n) is 6.08. The van der Waals surface area contributed by atoms with Crippen molar-refractivity contribution in [2.75, 3.05) is 0 Å². The lowest BCUT2D eigenvalue weighted by Gasteiger charge is -2.06. The summed E-state index contributed by atoms with van der Waals surface area (Å²) in [6, 6.07) is 17.5. The monoisotopic (exact) mass is 391 g/mol. The van der Waals surface area contributed by atoms with E-state index in [1.54, 1.807) is 12.1 Å². The fraction of sp³-hybridized carbons (Fsp3) is 0. The van der Waals surface area contributed by atoms with Gasteiger partial charge in [-0.2, -0.15) is 0 Å². The van der Waals surface area contributed by atoms with Crippen LogP contribution in [0.2, 0.25) is 5.02 Å². The predicted octanol–water partition coefficient (Wildman–Crippen LogP) is 4.86. The van der Waals surface area contributed by atoms with Crippen molar-refractivity contribution in [1.29, 1.82) is 0 Å². The number of aromatic nitrogens is 3. The Hall–Kier alpha value is -3.64. The molecule has 3 N–H and O–H groups in total. The summed E-state index contributed by atoms with van der Waals surface area (Å²) >= 11 is 6.01. The highest BCUT2D eigenvalue weighted by molar-refractivity contribution is 6.33. The van der Waals surface area contributed by atoms with Crippen LogP contribution in [-0.2, 0) is 0 Å². The van der Waals surface area contributed by atoms with Crippen molar-refractivity contribution >= 4 is 17.6 Å². The van der Waals surface area contributed by atoms with E-state index in [1.165, 1.54) is 24.4 Å². The molecule has 0 saturated carbocycles. The number of H-pyrrole nitrogens is 1. The number of nitrogens with one attached hydrogen (secondary N) is 1. The molecule has 4 rings (SSSR count). The molecule has 0 aliphatic carbocycles. The zero-order valence-corrected chi connectivity index (χ0v) is 15.2. The Bertz CT molecular complexity index is 1170. The van der Waals surface area contributed by atoms with Crippen molar-refractivity contribution in [3.05, 3.63) is 77.4 Å². The van der Waals surface area contributed by atoms with Crippen molar-refractivity contribution in [1.82, 2.24) is 15.0 Å². The Kier molecular flexibility index (Phi) is 4.55. The highest BCUT2D eigenvalue weighted by Gasteiger charge is 2.18. The van der Waals surface area contributed by atoms with Crippen molar-refractivity contribution in [2.24, 2.45) is 0 Å². The van der Waals surface area contributed by atoms with Gasteiger partial charge in [0.05, 0.1) is 22.0 Å². The second-order valence-corrected chi connectivity index (χ2v) is 6.48. The summed E-state index contributed by atoms with van der Waals surface area (Å²) in [5, 5.41) is 19.3. The van der Waals surface area contributed by atoms with E-state index in [0.29, 0.717) is 28.3 Å². The third-order valence-electron chi connectivity index (χ3n) is 4.26. The van der Waals surface area contributed by atoms with Gasteiger partial charge in [-0.15, -0.1) is 0 Å². The summed E-state index contributed by atoms with van der Waals surface area (Å²) in [5.41, 5.74) is 3.31. The largest absolute Gasteiger partial charge is 0.493 e. The molecule has 0 aliphatic rings. The number of carbonyl (C=O) groups is 1. The maximum atomic E-state index is 11.5. The molecule has 0 unspecified atom stereocenters. The van der Waals surface area contributed by atoms with Gasteiger partial charge in [0.25, 0.3) is 0 Å². The summed E-state index contributed by atoms with van der Waals surface area (Å²) in [5.74, 6) is -0.621. The number of benzene rings is 2. The molecule has 0 fully saturated rings. The van der Waals surface area contributed by atoms with Gasteiger partial charge < -0.3 is 15.2 Å². The van der Waals surface area contributed by atoms with E-state index >= 15 is 0 Å². The average Bonchev–Trinajstić information content (AvgIpc) is 3.14. The van der Waals surface area contributed by atoms with Crippen molar-refractivity contribution in [2.45, 2.75) is 0 Å². The van der Waals surface area contributed by atoms with E-state index < -0.39 is 5.97 Å². The van der Waals surface area contributed by atoms with Crippen LogP contribution in [0.3, 0.4) is 0 Å². The van der Waals surface area contributed by atoms with E-state index in [4.69, 9.17) is 16.6 Å². The Balaban J connectivity index is 1.94. The van der Waals surface area contributed by atoms with E-state index in [2.05, 4.69) is 9.97 Å². The number of carboxylic acid groups (broad SMARTS) is 1. The zero-order chi connectivity index (χ0) is 19.7. The van der Waals surface area contributed by atoms with Crippen LogP contribution in [0, 0.1) is 0 Å². The van der Waals surface area contributed by atoms with Gasteiger partial charge in [0.15, 0.2) is 0 Å². The maximum absolute atomic E-state index is 11.5. The topological polar surface area (TPSA) is 99.1 Å². The number of rotatable bonds is 4. The SMILES string of the molecule is O=C(O)c1cc(-c2nc(-c3ccccc3)[nH]c2-c2ccnc(O)c2)ccc1Cl. The molecular weight excluding hydrogens is 378 g/mol. The van der Waals surface area contributed by atoms with Crippen LogP contribution in [0.15, 0.2) is 66.9 Å². The summed E-state index contributed by atoms with van der Waals surface area (Å²) < 4.78 is 0. The van der Waals surface area contributed by atoms with Crippen molar-refractivity contribution in [3.63, 3.8) is 0 Å². The Morgan fingerprint density at radius 2 is 1.75 bits per heavy atom. The first-order valence-electron chi connectivity index (χ1n) is 8.37. The fourth-order valence-electron chi connectivity index (χ4n) is 2.93. The number of aromatic hydroxyl groups is 1. The number of hydrogen-bond donors (Lipinski definition) is 3. The minimum absolute atomic E-state index is 0.00745. The van der Waals surface area contributed by atoms with Gasteiger partial charge in [0, 0.05) is 29.0 Å². The Morgan fingerprint density at radius 3 is 2.46 bits per heavy atom. The van der Waals surface area contributed by atoms with E-state index in [-0.39, 0.29) is 16.5 Å². The number of carboxylic acids is 1. The minimum Gasteiger partial charge on any atom is -0.493 e. The van der Waals surface area contributed by atoms with Gasteiger partial charge in [-0.1, -0.05) is 48.0 Å². The number of aromatic amines is 1.